The summed E-state index contributed by atoms with van der Waals surface area (Å²) in [4.78, 5) is 36.8. The molecule has 2 aromatic carbocycles. The smallest absolute Gasteiger partial charge is 0.253 e. The second-order valence-corrected chi connectivity index (χ2v) is 8.62. The van der Waals surface area contributed by atoms with Gasteiger partial charge >= 0.3 is 0 Å². The van der Waals surface area contributed by atoms with Crippen molar-refractivity contribution in [2.75, 3.05) is 44.2 Å². The molecule has 2 saturated heterocycles. The number of likely N-dealkylation sites (tertiary alicyclic amines) is 1. The number of pyridine rings is 1. The molecule has 0 radical (unpaired) electrons. The largest absolute Gasteiger partial charge is 0.367 e. The van der Waals surface area contributed by atoms with Crippen LogP contribution < -0.4 is 4.90 Å². The van der Waals surface area contributed by atoms with Gasteiger partial charge in [-0.25, -0.2) is 0 Å². The van der Waals surface area contributed by atoms with Crippen molar-refractivity contribution >= 4 is 28.4 Å². The third-order valence-corrected chi connectivity index (χ3v) is 6.64. The summed E-state index contributed by atoms with van der Waals surface area (Å²) < 4.78 is 0. The summed E-state index contributed by atoms with van der Waals surface area (Å²) >= 11 is 0. The zero-order valence-corrected chi connectivity index (χ0v) is 18.2. The lowest BCUT2D eigenvalue weighted by Gasteiger charge is -2.40. The van der Waals surface area contributed by atoms with Gasteiger partial charge in [0.25, 0.3) is 5.91 Å². The Balaban J connectivity index is 1.22. The number of carbonyl (C=O) groups is 2. The molecule has 164 valence electrons. The van der Waals surface area contributed by atoms with Gasteiger partial charge in [0.15, 0.2) is 0 Å². The number of fused-ring (bicyclic) bond motifs is 1. The van der Waals surface area contributed by atoms with Crippen molar-refractivity contribution in [2.24, 2.45) is 5.92 Å². The predicted octanol–water partition coefficient (Wildman–Crippen LogP) is 3.44. The van der Waals surface area contributed by atoms with Gasteiger partial charge in [0.2, 0.25) is 5.91 Å². The number of aromatic nitrogens is 1. The maximum atomic E-state index is 13.3. The SMILES string of the molecule is O=C(c1ccccc1)N1CCCC(C(=O)N2CCN(c3ccnc4ccccc34)CC2)C1. The molecule has 0 N–H and O–H groups in total. The first-order valence-corrected chi connectivity index (χ1v) is 11.4. The molecule has 1 aromatic heterocycles. The van der Waals surface area contributed by atoms with Gasteiger partial charge in [-0.15, -0.1) is 0 Å². The van der Waals surface area contributed by atoms with E-state index in [4.69, 9.17) is 0 Å². The number of rotatable bonds is 3. The van der Waals surface area contributed by atoms with E-state index in [9.17, 15) is 9.59 Å². The Labute approximate surface area is 188 Å². The van der Waals surface area contributed by atoms with Crippen molar-refractivity contribution in [3.8, 4) is 0 Å². The first kappa shape index (κ1) is 20.5. The molecule has 2 amide bonds. The van der Waals surface area contributed by atoms with Crippen LogP contribution in [0, 0.1) is 5.92 Å². The number of benzene rings is 2. The van der Waals surface area contributed by atoms with Crippen LogP contribution >= 0.6 is 0 Å². The molecule has 1 unspecified atom stereocenters. The number of hydrogen-bond acceptors (Lipinski definition) is 4. The van der Waals surface area contributed by atoms with Gasteiger partial charge in [-0.3, -0.25) is 14.6 Å². The summed E-state index contributed by atoms with van der Waals surface area (Å²) in [7, 11) is 0. The number of amides is 2. The molecule has 32 heavy (non-hydrogen) atoms. The number of carbonyl (C=O) groups excluding carboxylic acids is 2. The Kier molecular flexibility index (Phi) is 5.75. The molecule has 6 nitrogen and oxygen atoms in total. The molecule has 2 fully saturated rings. The quantitative estimate of drug-likeness (QED) is 0.641. The molecular weight excluding hydrogens is 400 g/mol. The second kappa shape index (κ2) is 8.99. The summed E-state index contributed by atoms with van der Waals surface area (Å²) in [6.45, 7) is 4.26. The maximum Gasteiger partial charge on any atom is 0.253 e. The van der Waals surface area contributed by atoms with Crippen molar-refractivity contribution in [2.45, 2.75) is 12.8 Å². The lowest BCUT2D eigenvalue weighted by Crippen LogP contribution is -2.53. The highest BCUT2D eigenvalue weighted by Gasteiger charge is 2.33. The summed E-state index contributed by atoms with van der Waals surface area (Å²) in [5.41, 5.74) is 2.87. The Morgan fingerprint density at radius 3 is 2.38 bits per heavy atom. The molecule has 3 heterocycles. The van der Waals surface area contributed by atoms with Crippen LogP contribution in [0.1, 0.15) is 23.2 Å². The monoisotopic (exact) mass is 428 g/mol. The number of piperidine rings is 1. The molecule has 6 heteroatoms. The van der Waals surface area contributed by atoms with E-state index in [1.54, 1.807) is 0 Å². The minimum atomic E-state index is -0.107. The molecular formula is C26H28N4O2. The third kappa shape index (κ3) is 4.05. The fourth-order valence-electron chi connectivity index (χ4n) is 4.91. The number of anilines is 1. The molecule has 0 aliphatic carbocycles. The molecule has 0 bridgehead atoms. The van der Waals surface area contributed by atoms with Crippen molar-refractivity contribution in [3.05, 3.63) is 72.4 Å². The Morgan fingerprint density at radius 2 is 1.56 bits per heavy atom. The van der Waals surface area contributed by atoms with Crippen LogP contribution in [0.5, 0.6) is 0 Å². The van der Waals surface area contributed by atoms with Gasteiger partial charge in [-0.2, -0.15) is 0 Å². The average molecular weight is 429 g/mol. The normalized spacial score (nSPS) is 19.2. The number of piperazine rings is 1. The van der Waals surface area contributed by atoms with E-state index in [0.29, 0.717) is 25.2 Å². The fourth-order valence-corrected chi connectivity index (χ4v) is 4.91. The lowest BCUT2D eigenvalue weighted by atomic mass is 9.95. The highest BCUT2D eigenvalue weighted by molar-refractivity contribution is 5.95. The highest BCUT2D eigenvalue weighted by atomic mass is 16.2. The molecule has 1 atom stereocenters. The summed E-state index contributed by atoms with van der Waals surface area (Å²) in [5, 5.41) is 1.15. The minimum Gasteiger partial charge on any atom is -0.367 e. The van der Waals surface area contributed by atoms with Crippen LogP contribution in [0.15, 0.2) is 66.9 Å². The molecule has 2 aliphatic rings. The van der Waals surface area contributed by atoms with E-state index in [1.165, 1.54) is 5.69 Å². The van der Waals surface area contributed by atoms with Gasteiger partial charge in [0.05, 0.1) is 11.4 Å². The number of nitrogens with zero attached hydrogens (tertiary/aromatic N) is 4. The van der Waals surface area contributed by atoms with Crippen molar-refractivity contribution in [1.82, 2.24) is 14.8 Å². The lowest BCUT2D eigenvalue weighted by molar-refractivity contribution is -0.137. The maximum absolute atomic E-state index is 13.3. The van der Waals surface area contributed by atoms with Gasteiger partial charge in [0, 0.05) is 62.1 Å². The highest BCUT2D eigenvalue weighted by Crippen LogP contribution is 2.27. The topological polar surface area (TPSA) is 56.8 Å². The van der Waals surface area contributed by atoms with Crippen molar-refractivity contribution < 1.29 is 9.59 Å². The minimum absolute atomic E-state index is 0.0254. The second-order valence-electron chi connectivity index (χ2n) is 8.62. The molecule has 3 aromatic rings. The summed E-state index contributed by atoms with van der Waals surface area (Å²) in [6.07, 6.45) is 3.58. The first-order valence-electron chi connectivity index (χ1n) is 11.4. The van der Waals surface area contributed by atoms with E-state index < -0.39 is 0 Å². The van der Waals surface area contributed by atoms with Gasteiger partial charge in [-0.1, -0.05) is 36.4 Å². The molecule has 5 rings (SSSR count). The van der Waals surface area contributed by atoms with E-state index in [0.717, 1.165) is 43.4 Å². The fraction of sp³-hybridized carbons (Fsp3) is 0.346. The van der Waals surface area contributed by atoms with Gasteiger partial charge in [-0.05, 0) is 37.1 Å². The van der Waals surface area contributed by atoms with Gasteiger partial charge in [0.1, 0.15) is 0 Å². The average Bonchev–Trinajstić information content (AvgIpc) is 2.88. The van der Waals surface area contributed by atoms with Crippen LogP contribution in [0.2, 0.25) is 0 Å². The van der Waals surface area contributed by atoms with Crippen LogP contribution in [-0.2, 0) is 4.79 Å². The van der Waals surface area contributed by atoms with Crippen molar-refractivity contribution in [3.63, 3.8) is 0 Å². The van der Waals surface area contributed by atoms with Crippen molar-refractivity contribution in [1.29, 1.82) is 0 Å². The Hall–Kier alpha value is -3.41. The Morgan fingerprint density at radius 1 is 0.812 bits per heavy atom. The zero-order valence-electron chi connectivity index (χ0n) is 18.2. The summed E-state index contributed by atoms with van der Waals surface area (Å²) in [6, 6.07) is 19.6. The first-order chi connectivity index (χ1) is 15.7. The Bertz CT molecular complexity index is 1100. The predicted molar refractivity (Wildman–Crippen MR) is 126 cm³/mol. The van der Waals surface area contributed by atoms with E-state index in [-0.39, 0.29) is 17.7 Å². The summed E-state index contributed by atoms with van der Waals surface area (Å²) in [5.74, 6) is 0.108. The molecule has 0 saturated carbocycles. The van der Waals surface area contributed by atoms with E-state index in [2.05, 4.69) is 22.0 Å². The van der Waals surface area contributed by atoms with Crippen LogP contribution in [0.4, 0.5) is 5.69 Å². The molecule has 0 spiro atoms. The van der Waals surface area contributed by atoms with Crippen LogP contribution in [0.25, 0.3) is 10.9 Å². The molecule has 2 aliphatic heterocycles. The van der Waals surface area contributed by atoms with E-state index in [1.807, 2.05) is 64.5 Å². The number of para-hydroxylation sites is 1. The van der Waals surface area contributed by atoms with Gasteiger partial charge < -0.3 is 14.7 Å². The van der Waals surface area contributed by atoms with E-state index >= 15 is 0 Å². The third-order valence-electron chi connectivity index (χ3n) is 6.64. The standard InChI is InChI=1S/C26H28N4O2/c31-25(20-7-2-1-3-8-20)30-14-6-9-21(19-30)26(32)29-17-15-28(16-18-29)24-12-13-27-23-11-5-4-10-22(23)24/h1-5,7-8,10-13,21H,6,9,14-19H2. The van der Waals surface area contributed by atoms with Crippen LogP contribution in [-0.4, -0.2) is 65.9 Å². The number of hydrogen-bond donors (Lipinski definition) is 0. The zero-order chi connectivity index (χ0) is 21.9. The van der Waals surface area contributed by atoms with Crippen LogP contribution in [0.3, 0.4) is 0 Å².